The van der Waals surface area contributed by atoms with Gasteiger partial charge in [0, 0.05) is 11.8 Å². The lowest BCUT2D eigenvalue weighted by atomic mass is 9.65. The van der Waals surface area contributed by atoms with Gasteiger partial charge in [-0.3, -0.25) is 4.18 Å². The first kappa shape index (κ1) is 13.3. The fraction of sp³-hybridized carbons (Fsp3) is 0.923. The third-order valence-corrected chi connectivity index (χ3v) is 6.85. The highest BCUT2D eigenvalue weighted by atomic mass is 32.2. The molecule has 0 N–H and O–H groups in total. The zero-order valence-corrected chi connectivity index (χ0v) is 12.3. The predicted molar refractivity (Wildman–Crippen MR) is 67.5 cm³/mol. The van der Waals surface area contributed by atoms with Gasteiger partial charge in [0.25, 0.3) is 10.1 Å². The summed E-state index contributed by atoms with van der Waals surface area (Å²) < 4.78 is 34.5. The average molecular weight is 285 g/mol. The van der Waals surface area contributed by atoms with Gasteiger partial charge in [-0.2, -0.15) is 13.7 Å². The lowest BCUT2D eigenvalue weighted by Crippen LogP contribution is -2.54. The SMILES string of the molecule is CC(C)C1C2OS(=O)(=O)C3(C#N)C2OC1C3C(C)C. The Morgan fingerprint density at radius 1 is 1.16 bits per heavy atom. The van der Waals surface area contributed by atoms with Crippen molar-refractivity contribution in [1.29, 1.82) is 5.26 Å². The standard InChI is InChI=1S/C13H19NO4S/c1-6(2)8-10-9(7(3)4)13(5-14)12(17-10)11(8)18-19(13,15)16/h6-12H,1-4H3. The van der Waals surface area contributed by atoms with E-state index in [1.807, 2.05) is 19.9 Å². The van der Waals surface area contributed by atoms with Gasteiger partial charge in [0.05, 0.1) is 12.2 Å². The summed E-state index contributed by atoms with van der Waals surface area (Å²) in [6, 6.07) is 2.04. The van der Waals surface area contributed by atoms with Crippen molar-refractivity contribution in [2.45, 2.75) is 50.8 Å². The van der Waals surface area contributed by atoms with Crippen LogP contribution in [0, 0.1) is 35.0 Å². The molecule has 3 fully saturated rings. The van der Waals surface area contributed by atoms with Gasteiger partial charge in [-0.25, -0.2) is 0 Å². The van der Waals surface area contributed by atoms with Gasteiger partial charge in [-0.05, 0) is 11.8 Å². The van der Waals surface area contributed by atoms with Crippen LogP contribution in [0.25, 0.3) is 0 Å². The fourth-order valence-electron chi connectivity index (χ4n) is 4.31. The lowest BCUT2D eigenvalue weighted by Gasteiger charge is -2.36. The molecular formula is C13H19NO4S. The summed E-state index contributed by atoms with van der Waals surface area (Å²) in [5, 5.41) is 9.56. The smallest absolute Gasteiger partial charge is 0.290 e. The topological polar surface area (TPSA) is 76.4 Å². The number of nitrogens with zero attached hydrogens (tertiary/aromatic N) is 1. The van der Waals surface area contributed by atoms with Crippen LogP contribution in [0.15, 0.2) is 0 Å². The number of nitriles is 1. The van der Waals surface area contributed by atoms with Gasteiger partial charge < -0.3 is 4.74 Å². The molecule has 0 saturated carbocycles. The molecule has 3 saturated heterocycles. The molecule has 0 aromatic rings. The zero-order chi connectivity index (χ0) is 14.2. The Kier molecular flexibility index (Phi) is 2.61. The summed E-state index contributed by atoms with van der Waals surface area (Å²) in [4.78, 5) is 0. The van der Waals surface area contributed by atoms with Crippen molar-refractivity contribution < 1.29 is 17.3 Å². The third-order valence-electron chi connectivity index (χ3n) is 4.95. The molecule has 0 aromatic heterocycles. The van der Waals surface area contributed by atoms with Crippen molar-refractivity contribution >= 4 is 10.1 Å². The van der Waals surface area contributed by atoms with E-state index in [0.717, 1.165) is 0 Å². The molecular weight excluding hydrogens is 266 g/mol. The summed E-state index contributed by atoms with van der Waals surface area (Å²) in [5.41, 5.74) is 0. The lowest BCUT2D eigenvalue weighted by molar-refractivity contribution is 0.0562. The number of ether oxygens (including phenoxy) is 1. The molecule has 19 heavy (non-hydrogen) atoms. The quantitative estimate of drug-likeness (QED) is 0.715. The van der Waals surface area contributed by atoms with Gasteiger partial charge in [0.2, 0.25) is 4.75 Å². The highest BCUT2D eigenvalue weighted by molar-refractivity contribution is 7.88. The molecule has 0 amide bonds. The summed E-state index contributed by atoms with van der Waals surface area (Å²) in [5.74, 6) is 0.0781. The number of rotatable bonds is 2. The Hall–Kier alpha value is -0.640. The second kappa shape index (κ2) is 3.72. The monoisotopic (exact) mass is 285 g/mol. The molecule has 3 heterocycles. The van der Waals surface area contributed by atoms with Crippen LogP contribution in [-0.4, -0.2) is 31.5 Å². The third kappa shape index (κ3) is 1.29. The van der Waals surface area contributed by atoms with E-state index in [2.05, 4.69) is 13.8 Å². The molecule has 0 aromatic carbocycles. The predicted octanol–water partition coefficient (Wildman–Crippen LogP) is 1.30. The molecule has 0 spiro atoms. The van der Waals surface area contributed by atoms with E-state index in [1.165, 1.54) is 0 Å². The maximum atomic E-state index is 12.4. The summed E-state index contributed by atoms with van der Waals surface area (Å²) in [6.45, 7) is 8.00. The number of hydrogen-bond donors (Lipinski definition) is 0. The van der Waals surface area contributed by atoms with E-state index in [4.69, 9.17) is 8.92 Å². The van der Waals surface area contributed by atoms with Crippen LogP contribution in [0.4, 0.5) is 0 Å². The first-order valence-electron chi connectivity index (χ1n) is 6.77. The second-order valence-electron chi connectivity index (χ2n) is 6.53. The van der Waals surface area contributed by atoms with Crippen molar-refractivity contribution in [2.75, 3.05) is 0 Å². The summed E-state index contributed by atoms with van der Waals surface area (Å²) in [6.07, 6.45) is -1.29. The van der Waals surface area contributed by atoms with Gasteiger partial charge >= 0.3 is 0 Å². The minimum absolute atomic E-state index is 0.0520. The molecule has 6 heteroatoms. The zero-order valence-electron chi connectivity index (χ0n) is 11.5. The van der Waals surface area contributed by atoms with Crippen LogP contribution in [0.5, 0.6) is 0 Å². The molecule has 6 atom stereocenters. The van der Waals surface area contributed by atoms with Gasteiger partial charge in [-0.1, -0.05) is 27.7 Å². The van der Waals surface area contributed by atoms with E-state index < -0.39 is 27.1 Å². The first-order chi connectivity index (χ1) is 8.78. The van der Waals surface area contributed by atoms with Crippen LogP contribution in [-0.2, 0) is 19.0 Å². The summed E-state index contributed by atoms with van der Waals surface area (Å²) in [7, 11) is -3.89. The molecule has 0 radical (unpaired) electrons. The highest BCUT2D eigenvalue weighted by Gasteiger charge is 2.80. The van der Waals surface area contributed by atoms with Crippen molar-refractivity contribution in [3.63, 3.8) is 0 Å². The Balaban J connectivity index is 2.20. The van der Waals surface area contributed by atoms with Gasteiger partial charge in [0.15, 0.2) is 0 Å². The van der Waals surface area contributed by atoms with E-state index >= 15 is 0 Å². The van der Waals surface area contributed by atoms with Gasteiger partial charge in [-0.15, -0.1) is 0 Å². The Morgan fingerprint density at radius 2 is 1.79 bits per heavy atom. The largest absolute Gasteiger partial charge is 0.369 e. The maximum Gasteiger partial charge on any atom is 0.290 e. The van der Waals surface area contributed by atoms with Crippen LogP contribution in [0.1, 0.15) is 27.7 Å². The van der Waals surface area contributed by atoms with Crippen molar-refractivity contribution in [3.8, 4) is 6.07 Å². The maximum absolute atomic E-state index is 12.4. The van der Waals surface area contributed by atoms with Crippen molar-refractivity contribution in [2.24, 2.45) is 23.7 Å². The average Bonchev–Trinajstić information content (AvgIpc) is 2.83. The molecule has 3 aliphatic heterocycles. The fourth-order valence-corrected chi connectivity index (χ4v) is 6.31. The van der Waals surface area contributed by atoms with Crippen LogP contribution in [0.3, 0.4) is 0 Å². The number of fused-ring (bicyclic) bond motifs is 1. The minimum atomic E-state index is -3.89. The Morgan fingerprint density at radius 3 is 2.26 bits per heavy atom. The second-order valence-corrected chi connectivity index (χ2v) is 8.31. The van der Waals surface area contributed by atoms with E-state index in [-0.39, 0.29) is 29.8 Å². The van der Waals surface area contributed by atoms with Crippen LogP contribution < -0.4 is 0 Å². The van der Waals surface area contributed by atoms with E-state index in [1.54, 1.807) is 0 Å². The van der Waals surface area contributed by atoms with E-state index in [9.17, 15) is 13.7 Å². The molecule has 0 aliphatic carbocycles. The molecule has 2 bridgehead atoms. The van der Waals surface area contributed by atoms with Crippen molar-refractivity contribution in [1.82, 2.24) is 0 Å². The summed E-state index contributed by atoms with van der Waals surface area (Å²) >= 11 is 0. The Labute approximate surface area is 114 Å². The normalized spacial score (nSPS) is 50.1. The first-order valence-corrected chi connectivity index (χ1v) is 8.18. The molecule has 3 rings (SSSR count). The molecule has 6 unspecified atom stereocenters. The molecule has 3 aliphatic rings. The molecule has 5 nitrogen and oxygen atoms in total. The highest BCUT2D eigenvalue weighted by Crippen LogP contribution is 2.62. The van der Waals surface area contributed by atoms with Gasteiger partial charge in [0.1, 0.15) is 12.2 Å². The Bertz CT molecular complexity index is 549. The minimum Gasteiger partial charge on any atom is -0.369 e. The van der Waals surface area contributed by atoms with Crippen LogP contribution >= 0.6 is 0 Å². The molecule has 106 valence electrons. The van der Waals surface area contributed by atoms with Crippen LogP contribution in [0.2, 0.25) is 0 Å². The van der Waals surface area contributed by atoms with E-state index in [0.29, 0.717) is 0 Å². The number of hydrogen-bond acceptors (Lipinski definition) is 5. The van der Waals surface area contributed by atoms with Crippen molar-refractivity contribution in [3.05, 3.63) is 0 Å².